The van der Waals surface area contributed by atoms with Crippen molar-refractivity contribution in [3.05, 3.63) is 0 Å². The van der Waals surface area contributed by atoms with Crippen molar-refractivity contribution in [3.8, 4) is 0 Å². The number of rotatable bonds is 5. The van der Waals surface area contributed by atoms with Crippen LogP contribution in [-0.2, 0) is 14.3 Å². The van der Waals surface area contributed by atoms with E-state index in [1.165, 1.54) is 0 Å². The van der Waals surface area contributed by atoms with Crippen molar-refractivity contribution in [3.63, 3.8) is 0 Å². The van der Waals surface area contributed by atoms with E-state index in [1.54, 1.807) is 0 Å². The molecule has 0 aromatic rings. The zero-order valence-corrected chi connectivity index (χ0v) is 11.1. The first kappa shape index (κ1) is 13.7. The molecule has 1 heterocycles. The molecule has 0 saturated carbocycles. The maximum atomic E-state index is 10.4. The van der Waals surface area contributed by atoms with Gasteiger partial charge in [0.25, 0.3) is 0 Å². The maximum absolute atomic E-state index is 10.4. The highest BCUT2D eigenvalue weighted by molar-refractivity contribution is 5.49. The van der Waals surface area contributed by atoms with Crippen LogP contribution in [0.15, 0.2) is 0 Å². The van der Waals surface area contributed by atoms with Gasteiger partial charge in [0.05, 0.1) is 11.7 Å². The predicted octanol–water partition coefficient (Wildman–Crippen LogP) is 2.92. The van der Waals surface area contributed by atoms with Gasteiger partial charge in [-0.15, -0.1) is 0 Å². The minimum Gasteiger partial charge on any atom is -0.344 e. The van der Waals surface area contributed by atoms with Crippen molar-refractivity contribution in [2.75, 3.05) is 0 Å². The van der Waals surface area contributed by atoms with E-state index in [4.69, 9.17) is 9.47 Å². The largest absolute Gasteiger partial charge is 0.344 e. The molecule has 3 heteroatoms. The SMILES string of the molecule is CC(CC=O)CCC1OC(C)(C)OC1(C)C. The van der Waals surface area contributed by atoms with Gasteiger partial charge in [0.15, 0.2) is 5.79 Å². The lowest BCUT2D eigenvalue weighted by Gasteiger charge is -2.24. The number of carbonyl (C=O) groups excluding carboxylic acids is 1. The summed E-state index contributed by atoms with van der Waals surface area (Å²) >= 11 is 0. The molecule has 16 heavy (non-hydrogen) atoms. The normalized spacial score (nSPS) is 28.9. The summed E-state index contributed by atoms with van der Waals surface area (Å²) in [5, 5.41) is 0. The summed E-state index contributed by atoms with van der Waals surface area (Å²) in [6.07, 6.45) is 3.71. The number of hydrogen-bond acceptors (Lipinski definition) is 3. The van der Waals surface area contributed by atoms with E-state index in [2.05, 4.69) is 20.8 Å². The maximum Gasteiger partial charge on any atom is 0.164 e. The molecule has 0 aromatic carbocycles. The number of ether oxygens (including phenoxy) is 2. The topological polar surface area (TPSA) is 35.5 Å². The second kappa shape index (κ2) is 4.84. The Balaban J connectivity index is 2.45. The minimum atomic E-state index is -0.484. The van der Waals surface area contributed by atoms with Crippen LogP contribution in [0.2, 0.25) is 0 Å². The molecule has 94 valence electrons. The highest BCUT2D eigenvalue weighted by Crippen LogP contribution is 2.38. The lowest BCUT2D eigenvalue weighted by Crippen LogP contribution is -2.33. The molecule has 1 saturated heterocycles. The van der Waals surface area contributed by atoms with E-state index in [1.807, 2.05) is 13.8 Å². The lowest BCUT2D eigenvalue weighted by molar-refractivity contribution is -0.157. The number of carbonyl (C=O) groups is 1. The van der Waals surface area contributed by atoms with Gasteiger partial charge in [-0.2, -0.15) is 0 Å². The zero-order chi connectivity index (χ0) is 12.4. The summed E-state index contributed by atoms with van der Waals surface area (Å²) in [5.41, 5.74) is -0.232. The highest BCUT2D eigenvalue weighted by Gasteiger charge is 2.46. The molecular formula is C13H24O3. The first-order chi connectivity index (χ1) is 7.27. The van der Waals surface area contributed by atoms with Crippen LogP contribution in [0.4, 0.5) is 0 Å². The third-order valence-corrected chi connectivity index (χ3v) is 3.13. The third kappa shape index (κ3) is 3.56. The van der Waals surface area contributed by atoms with Gasteiger partial charge in [-0.3, -0.25) is 0 Å². The summed E-state index contributed by atoms with van der Waals surface area (Å²) < 4.78 is 11.7. The molecule has 0 N–H and O–H groups in total. The van der Waals surface area contributed by atoms with Crippen LogP contribution in [0.5, 0.6) is 0 Å². The third-order valence-electron chi connectivity index (χ3n) is 3.13. The van der Waals surface area contributed by atoms with Crippen molar-refractivity contribution in [1.29, 1.82) is 0 Å². The van der Waals surface area contributed by atoms with E-state index in [-0.39, 0.29) is 11.7 Å². The van der Waals surface area contributed by atoms with E-state index in [0.717, 1.165) is 19.1 Å². The van der Waals surface area contributed by atoms with Gasteiger partial charge in [0, 0.05) is 6.42 Å². The second-order valence-corrected chi connectivity index (χ2v) is 5.80. The van der Waals surface area contributed by atoms with Crippen molar-refractivity contribution >= 4 is 6.29 Å². The molecule has 2 atom stereocenters. The molecule has 0 aromatic heterocycles. The van der Waals surface area contributed by atoms with Crippen LogP contribution in [-0.4, -0.2) is 23.8 Å². The molecule has 1 rings (SSSR count). The minimum absolute atomic E-state index is 0.122. The van der Waals surface area contributed by atoms with E-state index in [9.17, 15) is 4.79 Å². The van der Waals surface area contributed by atoms with Crippen LogP contribution in [0.1, 0.15) is 53.9 Å². The molecule has 1 aliphatic rings. The van der Waals surface area contributed by atoms with Gasteiger partial charge in [0.2, 0.25) is 0 Å². The summed E-state index contributed by atoms with van der Waals surface area (Å²) in [4.78, 5) is 10.4. The quantitative estimate of drug-likeness (QED) is 0.679. The molecule has 1 fully saturated rings. The molecule has 0 amide bonds. The smallest absolute Gasteiger partial charge is 0.164 e. The summed E-state index contributed by atoms with van der Waals surface area (Å²) in [6, 6.07) is 0. The molecule has 0 aliphatic carbocycles. The summed E-state index contributed by atoms with van der Waals surface area (Å²) in [6.45, 7) is 10.1. The molecule has 0 radical (unpaired) electrons. The van der Waals surface area contributed by atoms with Gasteiger partial charge in [-0.25, -0.2) is 0 Å². The molecule has 0 spiro atoms. The zero-order valence-electron chi connectivity index (χ0n) is 11.1. The molecule has 2 unspecified atom stereocenters. The Kier molecular flexibility index (Phi) is 4.13. The van der Waals surface area contributed by atoms with Crippen molar-refractivity contribution in [2.45, 2.75) is 71.4 Å². The molecule has 0 bridgehead atoms. The fourth-order valence-corrected chi connectivity index (χ4v) is 2.33. The Bertz CT molecular complexity index is 246. The Morgan fingerprint density at radius 3 is 2.38 bits per heavy atom. The van der Waals surface area contributed by atoms with Gasteiger partial charge in [0.1, 0.15) is 6.29 Å². The fraction of sp³-hybridized carbons (Fsp3) is 0.923. The van der Waals surface area contributed by atoms with Gasteiger partial charge >= 0.3 is 0 Å². The Hall–Kier alpha value is -0.410. The van der Waals surface area contributed by atoms with Crippen molar-refractivity contribution in [1.82, 2.24) is 0 Å². The average molecular weight is 228 g/mol. The number of aldehydes is 1. The Morgan fingerprint density at radius 1 is 1.31 bits per heavy atom. The fourth-order valence-electron chi connectivity index (χ4n) is 2.33. The average Bonchev–Trinajstić information content (AvgIpc) is 2.31. The van der Waals surface area contributed by atoms with Crippen LogP contribution in [0, 0.1) is 5.92 Å². The molecule has 3 nitrogen and oxygen atoms in total. The standard InChI is InChI=1S/C13H24O3/c1-10(8-9-14)6-7-11-12(2,3)16-13(4,5)15-11/h9-11H,6-8H2,1-5H3. The summed E-state index contributed by atoms with van der Waals surface area (Å²) in [7, 11) is 0. The summed E-state index contributed by atoms with van der Waals surface area (Å²) in [5.74, 6) is -0.0529. The Labute approximate surface area is 98.5 Å². The first-order valence-corrected chi connectivity index (χ1v) is 6.08. The van der Waals surface area contributed by atoms with E-state index >= 15 is 0 Å². The van der Waals surface area contributed by atoms with Crippen LogP contribution >= 0.6 is 0 Å². The van der Waals surface area contributed by atoms with Gasteiger partial charge in [-0.1, -0.05) is 6.92 Å². The van der Waals surface area contributed by atoms with Crippen molar-refractivity contribution in [2.24, 2.45) is 5.92 Å². The van der Waals surface area contributed by atoms with E-state index < -0.39 is 5.79 Å². The van der Waals surface area contributed by atoms with Crippen molar-refractivity contribution < 1.29 is 14.3 Å². The number of hydrogen-bond donors (Lipinski definition) is 0. The second-order valence-electron chi connectivity index (χ2n) is 5.80. The molecule has 1 aliphatic heterocycles. The van der Waals surface area contributed by atoms with Crippen LogP contribution in [0.3, 0.4) is 0 Å². The first-order valence-electron chi connectivity index (χ1n) is 6.08. The Morgan fingerprint density at radius 2 is 1.94 bits per heavy atom. The van der Waals surface area contributed by atoms with Crippen LogP contribution in [0.25, 0.3) is 0 Å². The van der Waals surface area contributed by atoms with Gasteiger partial charge < -0.3 is 14.3 Å². The van der Waals surface area contributed by atoms with Crippen LogP contribution < -0.4 is 0 Å². The lowest BCUT2D eigenvalue weighted by atomic mass is 9.93. The molecular weight excluding hydrogens is 204 g/mol. The van der Waals surface area contributed by atoms with Gasteiger partial charge in [-0.05, 0) is 46.5 Å². The van der Waals surface area contributed by atoms with E-state index in [0.29, 0.717) is 12.3 Å². The predicted molar refractivity (Wildman–Crippen MR) is 63.2 cm³/mol. The monoisotopic (exact) mass is 228 g/mol. The highest BCUT2D eigenvalue weighted by atomic mass is 16.8.